The van der Waals surface area contributed by atoms with Gasteiger partial charge in [-0.3, -0.25) is 14.2 Å². The molecule has 236 valence electrons. The third-order valence-corrected chi connectivity index (χ3v) is 9.18. The maximum atomic E-state index is 14.5. The maximum Gasteiger partial charge on any atom is 0.260 e. The third-order valence-electron chi connectivity index (χ3n) is 8.43. The molecule has 0 unspecified atom stereocenters. The zero-order valence-electron chi connectivity index (χ0n) is 25.7. The van der Waals surface area contributed by atoms with Gasteiger partial charge in [0.25, 0.3) is 5.56 Å². The fourth-order valence-corrected chi connectivity index (χ4v) is 6.78. The molecule has 1 saturated carbocycles. The van der Waals surface area contributed by atoms with Crippen LogP contribution in [0, 0.1) is 0 Å². The number of benzene rings is 1. The number of carbonyl (C=O) groups excluding carboxylic acids is 1. The van der Waals surface area contributed by atoms with Gasteiger partial charge in [-0.2, -0.15) is 4.98 Å². The molecule has 1 amide bonds. The van der Waals surface area contributed by atoms with Gasteiger partial charge in [-0.15, -0.1) is 0 Å². The number of piperidine rings is 1. The molecule has 3 heterocycles. The van der Waals surface area contributed by atoms with Crippen LogP contribution < -0.4 is 20.3 Å². The van der Waals surface area contributed by atoms with E-state index in [9.17, 15) is 9.59 Å². The molecule has 5 rings (SSSR count). The van der Waals surface area contributed by atoms with Crippen LogP contribution in [0.5, 0.6) is 11.5 Å². The number of hydrogen-bond acceptors (Lipinski definition) is 8. The molecule has 2 aliphatic rings. The van der Waals surface area contributed by atoms with Crippen LogP contribution in [-0.2, 0) is 4.79 Å². The van der Waals surface area contributed by atoms with Crippen molar-refractivity contribution >= 4 is 46.1 Å². The summed E-state index contributed by atoms with van der Waals surface area (Å²) in [4.78, 5) is 40.7. The highest BCUT2D eigenvalue weighted by atomic mass is 35.5. The van der Waals surface area contributed by atoms with E-state index < -0.39 is 0 Å². The van der Waals surface area contributed by atoms with Crippen molar-refractivity contribution in [3.8, 4) is 22.6 Å². The number of ether oxygens (including phenoxy) is 2. The topological polar surface area (TPSA) is 102 Å². The minimum atomic E-state index is -0.283. The molecule has 10 nitrogen and oxygen atoms in total. The molecule has 0 bridgehead atoms. The number of anilines is 1. The second-order valence-corrected chi connectivity index (χ2v) is 12.4. The zero-order chi connectivity index (χ0) is 31.4. The molecule has 2 aromatic heterocycles. The van der Waals surface area contributed by atoms with Gasteiger partial charge >= 0.3 is 0 Å². The molecule has 44 heavy (non-hydrogen) atoms. The highest BCUT2D eigenvalue weighted by molar-refractivity contribution is 6.41. The summed E-state index contributed by atoms with van der Waals surface area (Å²) >= 11 is 13.6. The normalized spacial score (nSPS) is 16.7. The summed E-state index contributed by atoms with van der Waals surface area (Å²) < 4.78 is 12.7. The Morgan fingerprint density at radius 1 is 1.05 bits per heavy atom. The van der Waals surface area contributed by atoms with Crippen LogP contribution in [0.25, 0.3) is 22.2 Å². The summed E-state index contributed by atoms with van der Waals surface area (Å²) in [5.41, 5.74) is 0.874. The van der Waals surface area contributed by atoms with E-state index in [1.807, 2.05) is 30.0 Å². The van der Waals surface area contributed by atoms with Gasteiger partial charge in [0.2, 0.25) is 11.9 Å². The maximum absolute atomic E-state index is 14.5. The lowest BCUT2D eigenvalue weighted by Gasteiger charge is -2.33. The molecule has 1 aromatic carbocycles. The number of pyridine rings is 1. The van der Waals surface area contributed by atoms with Crippen molar-refractivity contribution < 1.29 is 14.3 Å². The van der Waals surface area contributed by atoms with Gasteiger partial charge in [0, 0.05) is 61.0 Å². The number of fused-ring (bicyclic) bond motifs is 1. The molecule has 1 N–H and O–H groups in total. The number of amides is 1. The van der Waals surface area contributed by atoms with E-state index in [2.05, 4.69) is 10.3 Å². The van der Waals surface area contributed by atoms with Gasteiger partial charge in [-0.1, -0.05) is 48.5 Å². The van der Waals surface area contributed by atoms with Crippen molar-refractivity contribution in [1.82, 2.24) is 24.3 Å². The summed E-state index contributed by atoms with van der Waals surface area (Å²) in [7, 11) is 6.91. The van der Waals surface area contributed by atoms with Crippen LogP contribution in [-0.4, -0.2) is 84.2 Å². The van der Waals surface area contributed by atoms with Crippen molar-refractivity contribution in [1.29, 1.82) is 0 Å². The fraction of sp³-hybridized carbons (Fsp3) is 0.500. The van der Waals surface area contributed by atoms with E-state index in [0.717, 1.165) is 12.8 Å². The average molecular weight is 644 g/mol. The van der Waals surface area contributed by atoms with Gasteiger partial charge < -0.3 is 24.6 Å². The largest absolute Gasteiger partial charge is 0.495 e. The van der Waals surface area contributed by atoms with E-state index in [1.165, 1.54) is 33.5 Å². The Morgan fingerprint density at radius 3 is 2.32 bits per heavy atom. The molecule has 0 atom stereocenters. The van der Waals surface area contributed by atoms with E-state index in [0.29, 0.717) is 78.1 Å². The van der Waals surface area contributed by atoms with Crippen molar-refractivity contribution in [2.75, 3.05) is 53.3 Å². The number of carbonyl (C=O) groups is 1. The Morgan fingerprint density at radius 2 is 1.70 bits per heavy atom. The first-order valence-electron chi connectivity index (χ1n) is 15.1. The number of aromatic nitrogens is 3. The van der Waals surface area contributed by atoms with E-state index in [1.54, 1.807) is 29.0 Å². The molecule has 2 fully saturated rings. The Labute approximate surface area is 267 Å². The highest BCUT2D eigenvalue weighted by Crippen LogP contribution is 2.45. The lowest BCUT2D eigenvalue weighted by Crippen LogP contribution is -2.40. The van der Waals surface area contributed by atoms with Crippen molar-refractivity contribution in [3.63, 3.8) is 0 Å². The van der Waals surface area contributed by atoms with Crippen LogP contribution >= 0.6 is 23.2 Å². The first kappa shape index (κ1) is 32.1. The van der Waals surface area contributed by atoms with Crippen molar-refractivity contribution in [3.05, 3.63) is 50.9 Å². The minimum absolute atomic E-state index is 0.0282. The molecule has 12 heteroatoms. The van der Waals surface area contributed by atoms with Crippen LogP contribution in [0.15, 0.2) is 35.3 Å². The lowest BCUT2D eigenvalue weighted by molar-refractivity contribution is -0.127. The number of methoxy groups -OCH3 is 2. The number of likely N-dealkylation sites (N-methyl/N-ethyl adjacent to an activating group) is 1. The summed E-state index contributed by atoms with van der Waals surface area (Å²) in [5.74, 6) is 1.15. The summed E-state index contributed by atoms with van der Waals surface area (Å²) in [6, 6.07) is 3.43. The Bertz CT molecular complexity index is 1570. The van der Waals surface area contributed by atoms with Gasteiger partial charge in [-0.05, 0) is 45.8 Å². The van der Waals surface area contributed by atoms with E-state index >= 15 is 0 Å². The first-order valence-corrected chi connectivity index (χ1v) is 15.9. The average Bonchev–Trinajstić information content (AvgIpc) is 3.02. The fourth-order valence-electron chi connectivity index (χ4n) is 6.07. The number of halogens is 2. The number of nitrogens with zero attached hydrogens (tertiary/aromatic N) is 5. The molecule has 1 aliphatic heterocycles. The number of hydrogen-bond donors (Lipinski definition) is 1. The molecule has 3 aromatic rings. The van der Waals surface area contributed by atoms with Crippen LogP contribution in [0.1, 0.15) is 51.0 Å². The van der Waals surface area contributed by atoms with Gasteiger partial charge in [0.05, 0.1) is 29.8 Å². The van der Waals surface area contributed by atoms with Gasteiger partial charge in [0.1, 0.15) is 17.1 Å². The monoisotopic (exact) mass is 642 g/mol. The predicted molar refractivity (Wildman–Crippen MR) is 175 cm³/mol. The third kappa shape index (κ3) is 6.82. The Balaban J connectivity index is 1.58. The number of rotatable bonds is 9. The SMILES string of the molecule is COc1cc(OC)c(Cl)c(-c2cc3cnc(NC4CCCCC4)nc3n(C3CCN(C(=O)/C=C/CN(C)C)CC3)c2=O)c1Cl. The van der Waals surface area contributed by atoms with Gasteiger partial charge in [0.15, 0.2) is 0 Å². The number of likely N-dealkylation sites (tertiary alicyclic amines) is 1. The van der Waals surface area contributed by atoms with Crippen LogP contribution in [0.4, 0.5) is 5.95 Å². The Hall–Kier alpha value is -3.34. The molecule has 0 spiro atoms. The quantitative estimate of drug-likeness (QED) is 0.292. The van der Waals surface area contributed by atoms with E-state index in [4.69, 9.17) is 37.7 Å². The molecular weight excluding hydrogens is 603 g/mol. The van der Waals surface area contributed by atoms with Crippen molar-refractivity contribution in [2.45, 2.75) is 57.0 Å². The minimum Gasteiger partial charge on any atom is -0.495 e. The molecule has 0 radical (unpaired) electrons. The first-order chi connectivity index (χ1) is 21.2. The second kappa shape index (κ2) is 14.2. The molecular formula is C32H40Cl2N6O4. The smallest absolute Gasteiger partial charge is 0.260 e. The second-order valence-electron chi connectivity index (χ2n) is 11.7. The molecule has 1 aliphatic carbocycles. The standard InChI is InChI=1S/C32H40Cl2N6O4/c1-38(2)14-8-11-26(41)39-15-12-22(13-16-39)40-30-20(19-35-32(37-30)36-21-9-6-5-7-10-21)17-23(31(40)42)27-28(33)24(43-3)18-25(44-4)29(27)34/h8,11,17-19,21-22H,5-7,9-10,12-16H2,1-4H3,(H,35,36,37)/b11-8+. The van der Waals surface area contributed by atoms with Crippen molar-refractivity contribution in [2.24, 2.45) is 0 Å². The molecule has 1 saturated heterocycles. The lowest BCUT2D eigenvalue weighted by atomic mass is 9.96. The summed E-state index contributed by atoms with van der Waals surface area (Å²) in [6.07, 6.45) is 12.1. The highest BCUT2D eigenvalue weighted by Gasteiger charge is 2.29. The van der Waals surface area contributed by atoms with E-state index in [-0.39, 0.29) is 27.6 Å². The van der Waals surface area contributed by atoms with Gasteiger partial charge in [-0.25, -0.2) is 4.98 Å². The summed E-state index contributed by atoms with van der Waals surface area (Å²) in [6.45, 7) is 1.72. The van der Waals surface area contributed by atoms with Crippen LogP contribution in [0.2, 0.25) is 10.0 Å². The number of nitrogens with one attached hydrogen (secondary N) is 1. The Kier molecular flexibility index (Phi) is 10.3. The summed E-state index contributed by atoms with van der Waals surface area (Å²) in [5, 5.41) is 4.59. The van der Waals surface area contributed by atoms with Crippen LogP contribution in [0.3, 0.4) is 0 Å². The zero-order valence-corrected chi connectivity index (χ0v) is 27.2. The predicted octanol–water partition coefficient (Wildman–Crippen LogP) is 5.81.